The Labute approximate surface area is 148 Å². The van der Waals surface area contributed by atoms with E-state index in [0.29, 0.717) is 11.3 Å². The number of nitrogens with zero attached hydrogens (tertiary/aromatic N) is 2. The summed E-state index contributed by atoms with van der Waals surface area (Å²) in [4.78, 5) is 14.3. The number of rotatable bonds is 5. The molecule has 5 heteroatoms. The summed E-state index contributed by atoms with van der Waals surface area (Å²) in [5.41, 5.74) is 4.82. The zero-order chi connectivity index (χ0) is 18.6. The summed E-state index contributed by atoms with van der Waals surface area (Å²) in [5, 5.41) is 12.2. The van der Waals surface area contributed by atoms with Crippen LogP contribution in [0.5, 0.6) is 5.75 Å². The Hall–Kier alpha value is -3.00. The first kappa shape index (κ1) is 18.3. The van der Waals surface area contributed by atoms with Gasteiger partial charge in [0.25, 0.3) is 0 Å². The number of nitriles is 1. The van der Waals surface area contributed by atoms with Crippen LogP contribution in [-0.4, -0.2) is 27.1 Å². The normalized spacial score (nSPS) is 10.1. The van der Waals surface area contributed by atoms with Crippen molar-refractivity contribution in [3.05, 3.63) is 52.6 Å². The summed E-state index contributed by atoms with van der Waals surface area (Å²) < 4.78 is 5.29. The SMILES string of the molecule is COc1cc(CC(=O)Nc2cc(C)c(N(C)C)cc2C#N)ccc1C. The van der Waals surface area contributed by atoms with Crippen LogP contribution in [0.1, 0.15) is 22.3 Å². The van der Waals surface area contributed by atoms with Crippen molar-refractivity contribution in [2.24, 2.45) is 0 Å². The Bertz CT molecular complexity index is 836. The summed E-state index contributed by atoms with van der Waals surface area (Å²) in [6.45, 7) is 3.91. The van der Waals surface area contributed by atoms with Crippen LogP contribution in [0.25, 0.3) is 0 Å². The van der Waals surface area contributed by atoms with Gasteiger partial charge < -0.3 is 15.0 Å². The summed E-state index contributed by atoms with van der Waals surface area (Å²) in [5.74, 6) is 0.591. The Morgan fingerprint density at radius 1 is 1.20 bits per heavy atom. The first-order valence-electron chi connectivity index (χ1n) is 8.01. The molecule has 1 amide bonds. The summed E-state index contributed by atoms with van der Waals surface area (Å²) in [7, 11) is 5.46. The number of carbonyl (C=O) groups is 1. The predicted molar refractivity (Wildman–Crippen MR) is 100 cm³/mol. The van der Waals surface area contributed by atoms with Crippen LogP contribution in [0.4, 0.5) is 11.4 Å². The van der Waals surface area contributed by atoms with Crippen molar-refractivity contribution in [3.8, 4) is 11.8 Å². The number of hydrogen-bond acceptors (Lipinski definition) is 4. The Balaban J connectivity index is 2.21. The average molecular weight is 337 g/mol. The van der Waals surface area contributed by atoms with Gasteiger partial charge in [0.2, 0.25) is 5.91 Å². The number of nitrogens with one attached hydrogen (secondary N) is 1. The maximum Gasteiger partial charge on any atom is 0.228 e. The van der Waals surface area contributed by atoms with Gasteiger partial charge in [-0.05, 0) is 48.7 Å². The molecule has 0 bridgehead atoms. The third-order valence-corrected chi connectivity index (χ3v) is 4.05. The molecule has 0 radical (unpaired) electrons. The molecule has 0 aromatic heterocycles. The first-order chi connectivity index (χ1) is 11.8. The van der Waals surface area contributed by atoms with E-state index >= 15 is 0 Å². The molecule has 0 fully saturated rings. The number of anilines is 2. The lowest BCUT2D eigenvalue weighted by atomic mass is 10.1. The molecule has 0 aliphatic carbocycles. The van der Waals surface area contributed by atoms with Gasteiger partial charge in [-0.25, -0.2) is 0 Å². The number of ether oxygens (including phenoxy) is 1. The van der Waals surface area contributed by atoms with Gasteiger partial charge in [-0.3, -0.25) is 4.79 Å². The van der Waals surface area contributed by atoms with E-state index in [0.717, 1.165) is 28.1 Å². The Morgan fingerprint density at radius 3 is 2.52 bits per heavy atom. The van der Waals surface area contributed by atoms with Gasteiger partial charge >= 0.3 is 0 Å². The fourth-order valence-electron chi connectivity index (χ4n) is 2.73. The topological polar surface area (TPSA) is 65.4 Å². The molecule has 0 aliphatic rings. The van der Waals surface area contributed by atoms with Crippen LogP contribution >= 0.6 is 0 Å². The van der Waals surface area contributed by atoms with Crippen molar-refractivity contribution in [1.82, 2.24) is 0 Å². The summed E-state index contributed by atoms with van der Waals surface area (Å²) >= 11 is 0. The lowest BCUT2D eigenvalue weighted by Gasteiger charge is -2.18. The van der Waals surface area contributed by atoms with Crippen molar-refractivity contribution < 1.29 is 9.53 Å². The largest absolute Gasteiger partial charge is 0.496 e. The molecular formula is C20H23N3O2. The number of amides is 1. The molecule has 0 saturated heterocycles. The fraction of sp³-hybridized carbons (Fsp3) is 0.300. The number of methoxy groups -OCH3 is 1. The van der Waals surface area contributed by atoms with Crippen molar-refractivity contribution in [1.29, 1.82) is 5.26 Å². The first-order valence-corrected chi connectivity index (χ1v) is 8.01. The standard InChI is InChI=1S/C20H23N3O2/c1-13-6-7-15(9-19(13)25-5)10-20(24)22-17-8-14(2)18(23(3)4)11-16(17)12-21/h6-9,11H,10H2,1-5H3,(H,22,24). The molecule has 0 unspecified atom stereocenters. The van der Waals surface area contributed by atoms with Gasteiger partial charge in [0.05, 0.1) is 24.8 Å². The van der Waals surface area contributed by atoms with E-state index in [1.807, 2.05) is 57.1 Å². The van der Waals surface area contributed by atoms with E-state index in [-0.39, 0.29) is 12.3 Å². The molecular weight excluding hydrogens is 314 g/mol. The van der Waals surface area contributed by atoms with Crippen LogP contribution < -0.4 is 15.0 Å². The third-order valence-electron chi connectivity index (χ3n) is 4.05. The molecule has 0 aliphatic heterocycles. The zero-order valence-corrected chi connectivity index (χ0v) is 15.3. The van der Waals surface area contributed by atoms with Crippen LogP contribution in [0.15, 0.2) is 30.3 Å². The van der Waals surface area contributed by atoms with Gasteiger partial charge in [-0.1, -0.05) is 12.1 Å². The number of hydrogen-bond donors (Lipinski definition) is 1. The molecule has 2 aromatic carbocycles. The van der Waals surface area contributed by atoms with Crippen molar-refractivity contribution in [2.45, 2.75) is 20.3 Å². The quantitative estimate of drug-likeness (QED) is 0.908. The van der Waals surface area contributed by atoms with Gasteiger partial charge in [-0.15, -0.1) is 0 Å². The highest BCUT2D eigenvalue weighted by Crippen LogP contribution is 2.26. The minimum atomic E-state index is -0.167. The minimum absolute atomic E-state index is 0.167. The lowest BCUT2D eigenvalue weighted by Crippen LogP contribution is -2.16. The highest BCUT2D eigenvalue weighted by molar-refractivity contribution is 5.94. The highest BCUT2D eigenvalue weighted by Gasteiger charge is 2.12. The smallest absolute Gasteiger partial charge is 0.228 e. The molecule has 0 heterocycles. The Morgan fingerprint density at radius 2 is 1.92 bits per heavy atom. The molecule has 0 saturated carbocycles. The second-order valence-corrected chi connectivity index (χ2v) is 6.22. The third kappa shape index (κ3) is 4.30. The maximum absolute atomic E-state index is 12.4. The molecule has 0 atom stereocenters. The maximum atomic E-state index is 12.4. The second-order valence-electron chi connectivity index (χ2n) is 6.22. The summed E-state index contributed by atoms with van der Waals surface area (Å²) in [6, 6.07) is 11.5. The van der Waals surface area contributed by atoms with Crippen molar-refractivity contribution in [3.63, 3.8) is 0 Å². The van der Waals surface area contributed by atoms with Gasteiger partial charge in [0, 0.05) is 19.8 Å². The van der Waals surface area contributed by atoms with E-state index in [2.05, 4.69) is 11.4 Å². The molecule has 2 aromatic rings. The minimum Gasteiger partial charge on any atom is -0.496 e. The molecule has 25 heavy (non-hydrogen) atoms. The summed E-state index contributed by atoms with van der Waals surface area (Å²) in [6.07, 6.45) is 0.218. The van der Waals surface area contributed by atoms with Gasteiger partial charge in [0.1, 0.15) is 11.8 Å². The highest BCUT2D eigenvalue weighted by atomic mass is 16.5. The fourth-order valence-corrected chi connectivity index (χ4v) is 2.73. The number of aryl methyl sites for hydroxylation is 2. The molecule has 5 nitrogen and oxygen atoms in total. The van der Waals surface area contributed by atoms with E-state index in [1.54, 1.807) is 13.2 Å². The molecule has 0 spiro atoms. The van der Waals surface area contributed by atoms with Gasteiger partial charge in [-0.2, -0.15) is 5.26 Å². The van der Waals surface area contributed by atoms with Gasteiger partial charge in [0.15, 0.2) is 0 Å². The Kier molecular flexibility index (Phi) is 5.66. The zero-order valence-electron chi connectivity index (χ0n) is 15.3. The van der Waals surface area contributed by atoms with E-state index < -0.39 is 0 Å². The van der Waals surface area contributed by atoms with Crippen LogP contribution in [0.3, 0.4) is 0 Å². The number of carbonyl (C=O) groups excluding carboxylic acids is 1. The average Bonchev–Trinajstić information content (AvgIpc) is 2.56. The van der Waals surface area contributed by atoms with Crippen LogP contribution in [-0.2, 0) is 11.2 Å². The van der Waals surface area contributed by atoms with Crippen LogP contribution in [0, 0.1) is 25.2 Å². The van der Waals surface area contributed by atoms with Crippen LogP contribution in [0.2, 0.25) is 0 Å². The van der Waals surface area contributed by atoms with E-state index in [9.17, 15) is 10.1 Å². The van der Waals surface area contributed by atoms with E-state index in [1.165, 1.54) is 0 Å². The second kappa shape index (κ2) is 7.71. The molecule has 130 valence electrons. The molecule has 2 rings (SSSR count). The monoisotopic (exact) mass is 337 g/mol. The van der Waals surface area contributed by atoms with E-state index in [4.69, 9.17) is 4.74 Å². The predicted octanol–water partition coefficient (Wildman–Crippen LogP) is 3.43. The van der Waals surface area contributed by atoms with Crippen molar-refractivity contribution in [2.75, 3.05) is 31.4 Å². The lowest BCUT2D eigenvalue weighted by molar-refractivity contribution is -0.115. The van der Waals surface area contributed by atoms with Crippen molar-refractivity contribution >= 4 is 17.3 Å². The molecule has 1 N–H and O–H groups in total. The number of benzene rings is 2.